The second-order valence-electron chi connectivity index (χ2n) is 5.34. The highest BCUT2D eigenvalue weighted by Crippen LogP contribution is 2.27. The Balaban J connectivity index is 2.01. The molecule has 0 saturated heterocycles. The van der Waals surface area contributed by atoms with Gasteiger partial charge in [-0.05, 0) is 36.8 Å². The fourth-order valence-corrected chi connectivity index (χ4v) is 2.82. The molecule has 0 unspecified atom stereocenters. The number of benzene rings is 2. The molecule has 124 valence electrons. The van der Waals surface area contributed by atoms with Crippen LogP contribution in [-0.2, 0) is 4.74 Å². The minimum atomic E-state index is 0.660. The normalized spacial score (nSPS) is 11.0. The summed E-state index contributed by atoms with van der Waals surface area (Å²) in [4.78, 5) is 9.37. The largest absolute Gasteiger partial charge is 0.385 e. The summed E-state index contributed by atoms with van der Waals surface area (Å²) in [6, 6.07) is 13.6. The monoisotopic (exact) mass is 405 g/mol. The maximum atomic E-state index is 6.13. The average Bonchev–Trinajstić information content (AvgIpc) is 2.58. The highest BCUT2D eigenvalue weighted by atomic mass is 79.9. The summed E-state index contributed by atoms with van der Waals surface area (Å²) in [5.41, 5.74) is 1.78. The minimum Gasteiger partial charge on any atom is -0.385 e. The van der Waals surface area contributed by atoms with E-state index in [2.05, 4.69) is 26.2 Å². The van der Waals surface area contributed by atoms with Gasteiger partial charge in [0.2, 0.25) is 0 Å². The molecule has 1 N–H and O–H groups in total. The molecule has 6 heteroatoms. The summed E-state index contributed by atoms with van der Waals surface area (Å²) >= 11 is 9.58. The zero-order valence-corrected chi connectivity index (χ0v) is 15.6. The van der Waals surface area contributed by atoms with Crippen molar-refractivity contribution in [3.63, 3.8) is 0 Å². The molecular weight excluding hydrogens is 390 g/mol. The van der Waals surface area contributed by atoms with E-state index in [1.165, 1.54) is 0 Å². The van der Waals surface area contributed by atoms with Crippen LogP contribution in [0, 0.1) is 0 Å². The Bertz CT molecular complexity index is 840. The molecule has 0 fully saturated rings. The van der Waals surface area contributed by atoms with Crippen LogP contribution in [0.5, 0.6) is 0 Å². The van der Waals surface area contributed by atoms with Crippen LogP contribution in [0.15, 0.2) is 46.9 Å². The van der Waals surface area contributed by atoms with Gasteiger partial charge in [0.25, 0.3) is 0 Å². The second kappa shape index (κ2) is 7.92. The highest BCUT2D eigenvalue weighted by molar-refractivity contribution is 9.10. The number of aromatic nitrogens is 2. The molecule has 1 aromatic heterocycles. The number of halogens is 2. The number of fused-ring (bicyclic) bond motifs is 1. The molecule has 0 atom stereocenters. The maximum absolute atomic E-state index is 6.13. The number of hydrogen-bond acceptors (Lipinski definition) is 4. The number of ether oxygens (including phenoxy) is 1. The van der Waals surface area contributed by atoms with E-state index in [1.54, 1.807) is 7.11 Å². The van der Waals surface area contributed by atoms with Gasteiger partial charge in [-0.15, -0.1) is 0 Å². The Morgan fingerprint density at radius 3 is 2.67 bits per heavy atom. The van der Waals surface area contributed by atoms with E-state index in [9.17, 15) is 0 Å². The molecule has 1 heterocycles. The third-order valence-electron chi connectivity index (χ3n) is 3.58. The van der Waals surface area contributed by atoms with Crippen molar-refractivity contribution in [1.29, 1.82) is 0 Å². The van der Waals surface area contributed by atoms with Crippen molar-refractivity contribution in [2.45, 2.75) is 6.42 Å². The van der Waals surface area contributed by atoms with Crippen LogP contribution in [-0.4, -0.2) is 30.2 Å². The lowest BCUT2D eigenvalue weighted by Gasteiger charge is -2.11. The zero-order chi connectivity index (χ0) is 16.9. The van der Waals surface area contributed by atoms with Gasteiger partial charge < -0.3 is 10.1 Å². The zero-order valence-electron chi connectivity index (χ0n) is 13.2. The number of nitrogens with zero attached hydrogens (tertiary/aromatic N) is 2. The molecule has 0 saturated carbocycles. The highest BCUT2D eigenvalue weighted by Gasteiger charge is 2.10. The molecule has 0 radical (unpaired) electrons. The fourth-order valence-electron chi connectivity index (χ4n) is 2.39. The van der Waals surface area contributed by atoms with Crippen LogP contribution in [0.1, 0.15) is 6.42 Å². The summed E-state index contributed by atoms with van der Waals surface area (Å²) in [5, 5.41) is 5.00. The third-order valence-corrected chi connectivity index (χ3v) is 4.34. The second-order valence-corrected chi connectivity index (χ2v) is 6.69. The molecule has 0 aliphatic heterocycles. The van der Waals surface area contributed by atoms with Gasteiger partial charge in [-0.2, -0.15) is 0 Å². The van der Waals surface area contributed by atoms with Gasteiger partial charge in [0.15, 0.2) is 5.82 Å². The van der Waals surface area contributed by atoms with E-state index in [0.29, 0.717) is 17.5 Å². The van der Waals surface area contributed by atoms with Crippen molar-refractivity contribution < 1.29 is 4.74 Å². The van der Waals surface area contributed by atoms with E-state index < -0.39 is 0 Å². The van der Waals surface area contributed by atoms with Crippen molar-refractivity contribution in [2.24, 2.45) is 0 Å². The molecule has 0 aliphatic rings. The first kappa shape index (κ1) is 17.1. The van der Waals surface area contributed by atoms with Crippen LogP contribution in [0.4, 0.5) is 5.82 Å². The van der Waals surface area contributed by atoms with Crippen LogP contribution in [0.3, 0.4) is 0 Å². The van der Waals surface area contributed by atoms with Crippen molar-refractivity contribution in [2.75, 3.05) is 25.6 Å². The van der Waals surface area contributed by atoms with E-state index in [4.69, 9.17) is 21.3 Å². The van der Waals surface area contributed by atoms with Gasteiger partial charge in [0.05, 0.1) is 5.52 Å². The fraction of sp³-hybridized carbons (Fsp3) is 0.222. The van der Waals surface area contributed by atoms with Gasteiger partial charge >= 0.3 is 0 Å². The Kier molecular flexibility index (Phi) is 5.66. The van der Waals surface area contributed by atoms with Gasteiger partial charge in [-0.25, -0.2) is 9.97 Å². The van der Waals surface area contributed by atoms with E-state index in [1.807, 2.05) is 42.5 Å². The molecule has 24 heavy (non-hydrogen) atoms. The number of anilines is 1. The smallest absolute Gasteiger partial charge is 0.162 e. The predicted octanol–water partition coefficient (Wildman–Crippen LogP) is 5.16. The molecule has 0 aliphatic carbocycles. The van der Waals surface area contributed by atoms with Crippen molar-refractivity contribution in [3.8, 4) is 11.4 Å². The number of hydrogen-bond donors (Lipinski definition) is 1. The predicted molar refractivity (Wildman–Crippen MR) is 103 cm³/mol. The molecule has 3 rings (SSSR count). The topological polar surface area (TPSA) is 47.0 Å². The first-order valence-corrected chi connectivity index (χ1v) is 8.80. The molecule has 0 amide bonds. The van der Waals surface area contributed by atoms with Gasteiger partial charge in [-0.3, -0.25) is 0 Å². The number of rotatable bonds is 6. The van der Waals surface area contributed by atoms with Crippen molar-refractivity contribution in [3.05, 3.63) is 52.0 Å². The van der Waals surface area contributed by atoms with Gasteiger partial charge in [0, 0.05) is 40.7 Å². The summed E-state index contributed by atoms with van der Waals surface area (Å²) in [6.07, 6.45) is 0.906. The molecular formula is C18H17BrClN3O. The summed E-state index contributed by atoms with van der Waals surface area (Å²) in [6.45, 7) is 1.49. The van der Waals surface area contributed by atoms with Gasteiger partial charge in [0.1, 0.15) is 5.82 Å². The van der Waals surface area contributed by atoms with E-state index >= 15 is 0 Å². The molecule has 4 nitrogen and oxygen atoms in total. The first-order valence-electron chi connectivity index (χ1n) is 7.63. The van der Waals surface area contributed by atoms with E-state index in [0.717, 1.165) is 39.7 Å². The van der Waals surface area contributed by atoms with E-state index in [-0.39, 0.29) is 0 Å². The molecule has 2 aromatic carbocycles. The number of nitrogens with one attached hydrogen (secondary N) is 1. The maximum Gasteiger partial charge on any atom is 0.162 e. The summed E-state index contributed by atoms with van der Waals surface area (Å²) in [7, 11) is 1.70. The Hall–Kier alpha value is -1.69. The lowest BCUT2D eigenvalue weighted by Crippen LogP contribution is -2.07. The lowest BCUT2D eigenvalue weighted by molar-refractivity contribution is 0.198. The van der Waals surface area contributed by atoms with Gasteiger partial charge in [-0.1, -0.05) is 39.7 Å². The van der Waals surface area contributed by atoms with Crippen LogP contribution < -0.4 is 5.32 Å². The molecule has 0 spiro atoms. The summed E-state index contributed by atoms with van der Waals surface area (Å²) in [5.74, 6) is 1.48. The minimum absolute atomic E-state index is 0.660. The van der Waals surface area contributed by atoms with Crippen molar-refractivity contribution in [1.82, 2.24) is 9.97 Å². The van der Waals surface area contributed by atoms with Crippen LogP contribution in [0.25, 0.3) is 22.3 Å². The Labute approximate surface area is 154 Å². The van der Waals surface area contributed by atoms with Crippen LogP contribution in [0.2, 0.25) is 5.02 Å². The van der Waals surface area contributed by atoms with Crippen LogP contribution >= 0.6 is 27.5 Å². The first-order chi connectivity index (χ1) is 11.7. The quantitative estimate of drug-likeness (QED) is 0.574. The number of methoxy groups -OCH3 is 1. The SMILES string of the molecule is COCCCNc1nc(-c2ccc(Br)cc2)nc2cc(Cl)ccc12. The van der Waals surface area contributed by atoms with Crippen molar-refractivity contribution >= 4 is 44.3 Å². The standard InChI is InChI=1S/C18H17BrClN3O/c1-24-10-2-9-21-18-15-8-7-14(20)11-16(15)22-17(23-18)12-3-5-13(19)6-4-12/h3-8,11H,2,9-10H2,1H3,(H,21,22,23). The lowest BCUT2D eigenvalue weighted by atomic mass is 10.2. The Morgan fingerprint density at radius 2 is 1.92 bits per heavy atom. The average molecular weight is 407 g/mol. The molecule has 0 bridgehead atoms. The Morgan fingerprint density at radius 1 is 1.12 bits per heavy atom. The third kappa shape index (κ3) is 4.04. The summed E-state index contributed by atoms with van der Waals surface area (Å²) < 4.78 is 6.11. The molecule has 3 aromatic rings.